The van der Waals surface area contributed by atoms with Crippen LogP contribution in [0, 0.1) is 0 Å². The molecule has 16 heavy (non-hydrogen) atoms. The first-order chi connectivity index (χ1) is 7.70. The summed E-state index contributed by atoms with van der Waals surface area (Å²) in [5.74, 6) is 0.477. The number of hydrogen-bond acceptors (Lipinski definition) is 4. The average molecular weight is 222 g/mol. The van der Waals surface area contributed by atoms with E-state index in [2.05, 4.69) is 22.2 Å². The number of aryl methyl sites for hydroxylation is 1. The van der Waals surface area contributed by atoms with E-state index in [9.17, 15) is 4.79 Å². The van der Waals surface area contributed by atoms with Crippen molar-refractivity contribution in [2.24, 2.45) is 0 Å². The molecular weight excluding hydrogens is 204 g/mol. The maximum atomic E-state index is 11.9. The summed E-state index contributed by atoms with van der Waals surface area (Å²) in [6.45, 7) is 4.68. The average Bonchev–Trinajstić information content (AvgIpc) is 2.67. The lowest BCUT2D eigenvalue weighted by Gasteiger charge is -2.13. The maximum Gasteiger partial charge on any atom is 0.293 e. The van der Waals surface area contributed by atoms with Gasteiger partial charge in [0.15, 0.2) is 5.82 Å². The van der Waals surface area contributed by atoms with Crippen LogP contribution in [-0.2, 0) is 6.54 Å². The number of nitrogens with zero attached hydrogens (tertiary/aromatic N) is 3. The topological polar surface area (TPSA) is 50.2 Å². The van der Waals surface area contributed by atoms with Gasteiger partial charge in [-0.15, -0.1) is 0 Å². The summed E-state index contributed by atoms with van der Waals surface area (Å²) < 4.78 is 1.66. The van der Waals surface area contributed by atoms with Crippen LogP contribution < -0.4 is 10.9 Å². The monoisotopic (exact) mass is 222 g/mol. The molecule has 1 aromatic rings. The first-order valence-corrected chi connectivity index (χ1v) is 5.71. The molecule has 0 spiro atoms. The Kier molecular flexibility index (Phi) is 3.24. The van der Waals surface area contributed by atoms with Crippen LogP contribution in [0.15, 0.2) is 17.2 Å². The van der Waals surface area contributed by atoms with Gasteiger partial charge in [0.1, 0.15) is 0 Å². The van der Waals surface area contributed by atoms with Crippen LogP contribution in [0.5, 0.6) is 0 Å². The molecule has 0 saturated carbocycles. The molecule has 2 rings (SSSR count). The summed E-state index contributed by atoms with van der Waals surface area (Å²) in [6, 6.07) is 0.345. The number of likely N-dealkylation sites (N-methyl/N-ethyl adjacent to an activating group) is 1. The highest BCUT2D eigenvalue weighted by Crippen LogP contribution is 2.09. The summed E-state index contributed by atoms with van der Waals surface area (Å²) in [5.41, 5.74) is -0.0282. The first-order valence-electron chi connectivity index (χ1n) is 5.71. The molecule has 1 aliphatic heterocycles. The van der Waals surface area contributed by atoms with Gasteiger partial charge in [0.2, 0.25) is 0 Å². The van der Waals surface area contributed by atoms with Gasteiger partial charge in [-0.25, -0.2) is 4.98 Å². The Morgan fingerprint density at radius 3 is 3.06 bits per heavy atom. The normalized spacial score (nSPS) is 21.2. The standard InChI is InChI=1S/C11H18N4O/c1-3-15-7-5-12-10(11(15)16)13-9-4-6-14(2)8-9/h5,7,9H,3-4,6,8H2,1-2H3,(H,12,13). The van der Waals surface area contributed by atoms with E-state index < -0.39 is 0 Å². The van der Waals surface area contributed by atoms with Gasteiger partial charge in [0.25, 0.3) is 5.56 Å². The molecule has 0 bridgehead atoms. The van der Waals surface area contributed by atoms with E-state index in [0.29, 0.717) is 18.4 Å². The Balaban J connectivity index is 2.12. The third kappa shape index (κ3) is 2.24. The molecule has 0 aromatic carbocycles. The van der Waals surface area contributed by atoms with E-state index in [1.807, 2.05) is 6.92 Å². The summed E-state index contributed by atoms with van der Waals surface area (Å²) in [4.78, 5) is 18.3. The van der Waals surface area contributed by atoms with Crippen molar-refractivity contribution < 1.29 is 0 Å². The zero-order valence-corrected chi connectivity index (χ0v) is 9.81. The second kappa shape index (κ2) is 4.65. The van der Waals surface area contributed by atoms with E-state index in [1.165, 1.54) is 0 Å². The molecular formula is C11H18N4O. The fourth-order valence-corrected chi connectivity index (χ4v) is 2.04. The molecule has 1 aliphatic rings. The highest BCUT2D eigenvalue weighted by atomic mass is 16.1. The minimum atomic E-state index is -0.0282. The molecule has 1 fully saturated rings. The molecule has 1 unspecified atom stereocenters. The van der Waals surface area contributed by atoms with Gasteiger partial charge in [-0.3, -0.25) is 4.79 Å². The van der Waals surface area contributed by atoms with Crippen molar-refractivity contribution in [3.05, 3.63) is 22.7 Å². The molecule has 0 amide bonds. The van der Waals surface area contributed by atoms with Crippen molar-refractivity contribution in [1.82, 2.24) is 14.5 Å². The second-order valence-corrected chi connectivity index (χ2v) is 4.26. The highest BCUT2D eigenvalue weighted by Gasteiger charge is 2.20. The van der Waals surface area contributed by atoms with Crippen LogP contribution in [-0.4, -0.2) is 40.6 Å². The van der Waals surface area contributed by atoms with Gasteiger partial charge >= 0.3 is 0 Å². The van der Waals surface area contributed by atoms with Crippen molar-refractivity contribution in [3.63, 3.8) is 0 Å². The van der Waals surface area contributed by atoms with E-state index in [4.69, 9.17) is 0 Å². The maximum absolute atomic E-state index is 11.9. The zero-order chi connectivity index (χ0) is 11.5. The first kappa shape index (κ1) is 11.1. The van der Waals surface area contributed by atoms with Crippen molar-refractivity contribution in [1.29, 1.82) is 0 Å². The smallest absolute Gasteiger partial charge is 0.293 e. The molecule has 5 heteroatoms. The van der Waals surface area contributed by atoms with E-state index >= 15 is 0 Å². The Morgan fingerprint density at radius 2 is 2.44 bits per heavy atom. The number of hydrogen-bond donors (Lipinski definition) is 1. The van der Waals surface area contributed by atoms with Crippen molar-refractivity contribution in [2.45, 2.75) is 25.9 Å². The van der Waals surface area contributed by atoms with Gasteiger partial charge < -0.3 is 14.8 Å². The third-order valence-electron chi connectivity index (χ3n) is 2.99. The van der Waals surface area contributed by atoms with Crippen LogP contribution in [0.2, 0.25) is 0 Å². The molecule has 0 aliphatic carbocycles. The molecule has 1 aromatic heterocycles. The van der Waals surface area contributed by atoms with Gasteiger partial charge in [-0.1, -0.05) is 0 Å². The third-order valence-corrected chi connectivity index (χ3v) is 2.99. The molecule has 1 N–H and O–H groups in total. The highest BCUT2D eigenvalue weighted by molar-refractivity contribution is 5.32. The Hall–Kier alpha value is -1.36. The largest absolute Gasteiger partial charge is 0.361 e. The van der Waals surface area contributed by atoms with Crippen LogP contribution in [0.4, 0.5) is 5.82 Å². The van der Waals surface area contributed by atoms with Gasteiger partial charge in [0.05, 0.1) is 0 Å². The van der Waals surface area contributed by atoms with E-state index in [1.54, 1.807) is 17.0 Å². The molecule has 0 radical (unpaired) electrons. The fourth-order valence-electron chi connectivity index (χ4n) is 2.04. The molecule has 1 atom stereocenters. The van der Waals surface area contributed by atoms with E-state index in [-0.39, 0.29) is 5.56 Å². The van der Waals surface area contributed by atoms with E-state index in [0.717, 1.165) is 19.5 Å². The van der Waals surface area contributed by atoms with Crippen LogP contribution in [0.3, 0.4) is 0 Å². The lowest BCUT2D eigenvalue weighted by Crippen LogP contribution is -2.30. The SMILES string of the molecule is CCn1ccnc(NC2CCN(C)C2)c1=O. The Labute approximate surface area is 95.1 Å². The van der Waals surface area contributed by atoms with Crippen LogP contribution in [0.25, 0.3) is 0 Å². The number of aromatic nitrogens is 2. The predicted octanol–water partition coefficient (Wildman–Crippen LogP) is 0.379. The van der Waals surface area contributed by atoms with Gasteiger partial charge in [-0.2, -0.15) is 0 Å². The summed E-state index contributed by atoms with van der Waals surface area (Å²) >= 11 is 0. The second-order valence-electron chi connectivity index (χ2n) is 4.26. The Morgan fingerprint density at radius 1 is 1.62 bits per heavy atom. The quantitative estimate of drug-likeness (QED) is 0.803. The summed E-state index contributed by atoms with van der Waals surface area (Å²) in [6.07, 6.45) is 4.46. The number of nitrogens with one attached hydrogen (secondary N) is 1. The fraction of sp³-hybridized carbons (Fsp3) is 0.636. The van der Waals surface area contributed by atoms with Crippen molar-refractivity contribution in [2.75, 3.05) is 25.5 Å². The lowest BCUT2D eigenvalue weighted by molar-refractivity contribution is 0.414. The van der Waals surface area contributed by atoms with Crippen LogP contribution >= 0.6 is 0 Å². The van der Waals surface area contributed by atoms with Crippen LogP contribution in [0.1, 0.15) is 13.3 Å². The van der Waals surface area contributed by atoms with Crippen molar-refractivity contribution >= 4 is 5.82 Å². The number of anilines is 1. The minimum Gasteiger partial charge on any atom is -0.361 e. The molecule has 88 valence electrons. The molecule has 5 nitrogen and oxygen atoms in total. The summed E-state index contributed by atoms with van der Waals surface area (Å²) in [7, 11) is 2.09. The number of rotatable bonds is 3. The lowest BCUT2D eigenvalue weighted by atomic mass is 10.2. The zero-order valence-electron chi connectivity index (χ0n) is 9.81. The minimum absolute atomic E-state index is 0.0282. The van der Waals surface area contributed by atoms with Crippen molar-refractivity contribution in [3.8, 4) is 0 Å². The molecule has 2 heterocycles. The van der Waals surface area contributed by atoms with Gasteiger partial charge in [-0.05, 0) is 26.9 Å². The Bertz CT molecular complexity index is 415. The molecule has 1 saturated heterocycles. The summed E-state index contributed by atoms with van der Waals surface area (Å²) in [5, 5.41) is 3.23. The number of likely N-dealkylation sites (tertiary alicyclic amines) is 1. The predicted molar refractivity (Wildman–Crippen MR) is 63.7 cm³/mol. The van der Waals surface area contributed by atoms with Gasteiger partial charge in [0, 0.05) is 31.5 Å².